The van der Waals surface area contributed by atoms with Gasteiger partial charge >= 0.3 is 0 Å². The Balaban J connectivity index is 1.53. The summed E-state index contributed by atoms with van der Waals surface area (Å²) in [6.07, 6.45) is 7.43. The van der Waals surface area contributed by atoms with Crippen molar-refractivity contribution in [2.75, 3.05) is 6.54 Å². The third kappa shape index (κ3) is 3.31. The van der Waals surface area contributed by atoms with Gasteiger partial charge < -0.3 is 0 Å². The number of fused-ring (bicyclic) bond motifs is 2. The Bertz CT molecular complexity index is 1150. The number of allylic oxidation sites excluding steroid dienone is 1. The molecule has 2 aliphatic heterocycles. The molecule has 33 heavy (non-hydrogen) atoms. The van der Waals surface area contributed by atoms with E-state index in [1.807, 2.05) is 6.07 Å². The molecule has 3 aromatic carbocycles. The average molecular weight is 434 g/mol. The Morgan fingerprint density at radius 3 is 2.12 bits per heavy atom. The molecule has 0 radical (unpaired) electrons. The van der Waals surface area contributed by atoms with Gasteiger partial charge in [-0.05, 0) is 67.0 Å². The fourth-order valence-electron chi connectivity index (χ4n) is 7.13. The fraction of sp³-hybridized carbons (Fsp3) is 0.323. The molecule has 166 valence electrons. The van der Waals surface area contributed by atoms with Gasteiger partial charge in [-0.2, -0.15) is 0 Å². The van der Waals surface area contributed by atoms with Crippen molar-refractivity contribution in [1.29, 1.82) is 0 Å². The van der Waals surface area contributed by atoms with E-state index in [9.17, 15) is 4.79 Å². The molecule has 0 aromatic heterocycles. The topological polar surface area (TPSA) is 20.3 Å². The minimum absolute atomic E-state index is 0.179. The molecule has 3 aliphatic rings. The first-order chi connectivity index (χ1) is 16.3. The highest BCUT2D eigenvalue weighted by Gasteiger charge is 2.64. The number of benzene rings is 3. The Hall–Kier alpha value is -2.97. The third-order valence-electron chi connectivity index (χ3n) is 8.31. The molecule has 2 heterocycles. The number of hydrogen-bond acceptors (Lipinski definition) is 2. The quantitative estimate of drug-likeness (QED) is 0.423. The van der Waals surface area contributed by atoms with E-state index in [-0.39, 0.29) is 17.4 Å². The van der Waals surface area contributed by atoms with Crippen molar-refractivity contribution in [3.8, 4) is 0 Å². The second kappa shape index (κ2) is 8.43. The molecule has 0 N–H and O–H groups in total. The summed E-state index contributed by atoms with van der Waals surface area (Å²) in [6.45, 7) is 1.08. The van der Waals surface area contributed by atoms with E-state index in [0.29, 0.717) is 11.8 Å². The van der Waals surface area contributed by atoms with Crippen LogP contribution < -0.4 is 0 Å². The zero-order valence-electron chi connectivity index (χ0n) is 19.1. The summed E-state index contributed by atoms with van der Waals surface area (Å²) in [7, 11) is 0. The highest BCUT2D eigenvalue weighted by atomic mass is 16.1. The van der Waals surface area contributed by atoms with Crippen LogP contribution in [0.5, 0.6) is 0 Å². The number of Topliss-reactive ketones (excluding diaryl/α,β-unsaturated/α-hetero) is 1. The molecular weight excluding hydrogens is 402 g/mol. The van der Waals surface area contributed by atoms with Gasteiger partial charge in [0, 0.05) is 18.0 Å². The van der Waals surface area contributed by atoms with E-state index in [2.05, 4.69) is 95.9 Å². The molecule has 2 nitrogen and oxygen atoms in total. The molecule has 3 aromatic rings. The summed E-state index contributed by atoms with van der Waals surface area (Å²) < 4.78 is 0. The van der Waals surface area contributed by atoms with Gasteiger partial charge in [-0.25, -0.2) is 0 Å². The van der Waals surface area contributed by atoms with E-state index in [1.54, 1.807) is 0 Å². The van der Waals surface area contributed by atoms with E-state index >= 15 is 0 Å². The first-order valence-corrected chi connectivity index (χ1v) is 12.4. The summed E-state index contributed by atoms with van der Waals surface area (Å²) in [5.74, 6) is 0.583. The largest absolute Gasteiger partial charge is 0.294 e. The monoisotopic (exact) mass is 433 g/mol. The van der Waals surface area contributed by atoms with Gasteiger partial charge in [0.05, 0.1) is 5.41 Å². The lowest BCUT2D eigenvalue weighted by Gasteiger charge is -2.42. The number of nitrogens with zero attached hydrogens (tertiary/aromatic N) is 1. The van der Waals surface area contributed by atoms with Gasteiger partial charge in [0.25, 0.3) is 0 Å². The van der Waals surface area contributed by atoms with Crippen LogP contribution in [-0.4, -0.2) is 23.3 Å². The van der Waals surface area contributed by atoms with Crippen molar-refractivity contribution in [1.82, 2.24) is 4.90 Å². The highest BCUT2D eigenvalue weighted by Crippen LogP contribution is 2.64. The maximum absolute atomic E-state index is 14.6. The van der Waals surface area contributed by atoms with Crippen molar-refractivity contribution in [3.05, 3.63) is 113 Å². The first-order valence-electron chi connectivity index (χ1n) is 12.4. The van der Waals surface area contributed by atoms with Gasteiger partial charge in [0.2, 0.25) is 0 Å². The summed E-state index contributed by atoms with van der Waals surface area (Å²) >= 11 is 0. The normalized spacial score (nSPS) is 30.7. The number of carbonyl (C=O) groups excluding carboxylic acids is 1. The van der Waals surface area contributed by atoms with Crippen LogP contribution in [0.2, 0.25) is 0 Å². The summed E-state index contributed by atoms with van der Waals surface area (Å²) in [6, 6.07) is 32.8. The summed E-state index contributed by atoms with van der Waals surface area (Å²) in [4.78, 5) is 17.3. The van der Waals surface area contributed by atoms with E-state index in [0.717, 1.165) is 43.4 Å². The molecule has 4 atom stereocenters. The van der Waals surface area contributed by atoms with Crippen molar-refractivity contribution in [2.24, 2.45) is 5.41 Å². The molecule has 1 spiro atoms. The van der Waals surface area contributed by atoms with Crippen LogP contribution in [0, 0.1) is 5.41 Å². The Kier molecular flexibility index (Phi) is 5.27. The van der Waals surface area contributed by atoms with Crippen molar-refractivity contribution >= 4 is 11.9 Å². The second-order valence-corrected chi connectivity index (χ2v) is 9.94. The molecular formula is C31H31NO. The number of hydrogen-bond donors (Lipinski definition) is 0. The molecule has 4 unspecified atom stereocenters. The van der Waals surface area contributed by atoms with Crippen LogP contribution in [0.4, 0.5) is 0 Å². The molecule has 0 amide bonds. The lowest BCUT2D eigenvalue weighted by Crippen LogP contribution is -2.47. The second-order valence-electron chi connectivity index (χ2n) is 9.94. The lowest BCUT2D eigenvalue weighted by atomic mass is 9.58. The molecule has 2 saturated heterocycles. The van der Waals surface area contributed by atoms with E-state index in [4.69, 9.17) is 0 Å². The number of ketones is 1. The highest BCUT2D eigenvalue weighted by molar-refractivity contribution is 6.05. The molecule has 1 aliphatic carbocycles. The lowest BCUT2D eigenvalue weighted by molar-refractivity contribution is -0.128. The summed E-state index contributed by atoms with van der Waals surface area (Å²) in [5.41, 5.74) is 4.47. The van der Waals surface area contributed by atoms with E-state index < -0.39 is 0 Å². The van der Waals surface area contributed by atoms with Crippen LogP contribution in [0.25, 0.3) is 6.08 Å². The number of rotatable bonds is 3. The van der Waals surface area contributed by atoms with Gasteiger partial charge in [-0.3, -0.25) is 9.69 Å². The Morgan fingerprint density at radius 2 is 1.42 bits per heavy atom. The Morgan fingerprint density at radius 1 is 0.788 bits per heavy atom. The maximum Gasteiger partial charge on any atom is 0.167 e. The summed E-state index contributed by atoms with van der Waals surface area (Å²) in [5, 5.41) is 0. The van der Waals surface area contributed by atoms with Gasteiger partial charge in [-0.15, -0.1) is 0 Å². The van der Waals surface area contributed by atoms with Crippen LogP contribution >= 0.6 is 0 Å². The first kappa shape index (κ1) is 20.6. The zero-order chi connectivity index (χ0) is 22.3. The predicted octanol–water partition coefficient (Wildman–Crippen LogP) is 6.81. The zero-order valence-corrected chi connectivity index (χ0v) is 19.1. The molecule has 6 rings (SSSR count). The third-order valence-corrected chi connectivity index (χ3v) is 8.31. The van der Waals surface area contributed by atoms with Gasteiger partial charge in [-0.1, -0.05) is 91.0 Å². The molecule has 3 fully saturated rings. The predicted molar refractivity (Wildman–Crippen MR) is 134 cm³/mol. The molecule has 2 heteroatoms. The van der Waals surface area contributed by atoms with Crippen molar-refractivity contribution < 1.29 is 4.79 Å². The standard InChI is InChI=1S/C31H31NO/c33-30-26(22-23-12-4-1-5-13-23)18-10-20-31(30)27-19-11-21-32(27)29(25-16-8-3-9-17-25)28(31)24-14-6-2-7-15-24/h1-9,12-17,22,27-29H,10-11,18-21H2/b26-22+. The number of carbonyl (C=O) groups is 1. The maximum atomic E-state index is 14.6. The minimum atomic E-state index is -0.350. The Labute approximate surface area is 197 Å². The molecule has 1 saturated carbocycles. The minimum Gasteiger partial charge on any atom is -0.294 e. The van der Waals surface area contributed by atoms with Crippen molar-refractivity contribution in [3.63, 3.8) is 0 Å². The van der Waals surface area contributed by atoms with Crippen molar-refractivity contribution in [2.45, 2.75) is 50.1 Å². The van der Waals surface area contributed by atoms with Gasteiger partial charge in [0.1, 0.15) is 0 Å². The van der Waals surface area contributed by atoms with Crippen LogP contribution in [0.3, 0.4) is 0 Å². The van der Waals surface area contributed by atoms with Crippen LogP contribution in [0.15, 0.2) is 96.6 Å². The fourth-order valence-corrected chi connectivity index (χ4v) is 7.13. The molecule has 0 bridgehead atoms. The average Bonchev–Trinajstić information content (AvgIpc) is 3.45. The van der Waals surface area contributed by atoms with E-state index in [1.165, 1.54) is 17.5 Å². The smallest absolute Gasteiger partial charge is 0.167 e. The van der Waals surface area contributed by atoms with Crippen LogP contribution in [0.1, 0.15) is 60.8 Å². The SMILES string of the molecule is O=C1/C(=C/c2ccccc2)CCCC12C(c1ccccc1)C(c1ccccc1)N1CCCC12. The van der Waals surface area contributed by atoms with Gasteiger partial charge in [0.15, 0.2) is 5.78 Å². The van der Waals surface area contributed by atoms with Crippen LogP contribution in [-0.2, 0) is 4.79 Å².